The standard InChI is InChI=1S/C10H15F3N2O2/c1-14-4-2-9-15-6-8(17-9)3-5-16-7-10(11,12)13/h6,14H,2-5,7H2,1H3. The van der Waals surface area contributed by atoms with Crippen LogP contribution in [0.1, 0.15) is 11.7 Å². The number of nitrogens with one attached hydrogen (secondary N) is 1. The molecular formula is C10H15F3N2O2. The summed E-state index contributed by atoms with van der Waals surface area (Å²) >= 11 is 0. The van der Waals surface area contributed by atoms with Crippen LogP contribution in [-0.4, -0.2) is 38.0 Å². The molecule has 0 bridgehead atoms. The van der Waals surface area contributed by atoms with Crippen molar-refractivity contribution >= 4 is 0 Å². The molecule has 1 rings (SSSR count). The quantitative estimate of drug-likeness (QED) is 0.748. The van der Waals surface area contributed by atoms with Crippen molar-refractivity contribution in [2.24, 2.45) is 0 Å². The molecule has 1 heterocycles. The van der Waals surface area contributed by atoms with Crippen molar-refractivity contribution in [3.63, 3.8) is 0 Å². The van der Waals surface area contributed by atoms with Gasteiger partial charge in [-0.2, -0.15) is 13.2 Å². The molecule has 7 heteroatoms. The second-order valence-electron chi connectivity index (χ2n) is 3.49. The maximum atomic E-state index is 11.8. The fourth-order valence-corrected chi connectivity index (χ4v) is 1.17. The summed E-state index contributed by atoms with van der Waals surface area (Å²) in [7, 11) is 1.81. The highest BCUT2D eigenvalue weighted by Crippen LogP contribution is 2.14. The van der Waals surface area contributed by atoms with E-state index in [9.17, 15) is 13.2 Å². The number of hydrogen-bond acceptors (Lipinski definition) is 4. The van der Waals surface area contributed by atoms with Gasteiger partial charge in [-0.05, 0) is 7.05 Å². The molecule has 1 aromatic heterocycles. The Morgan fingerprint density at radius 2 is 2.18 bits per heavy atom. The first-order valence-electron chi connectivity index (χ1n) is 5.24. The predicted octanol–water partition coefficient (Wildman–Crippen LogP) is 1.56. The number of likely N-dealkylation sites (N-methyl/N-ethyl adjacent to an activating group) is 1. The van der Waals surface area contributed by atoms with Crippen LogP contribution in [0.2, 0.25) is 0 Å². The molecule has 0 radical (unpaired) electrons. The van der Waals surface area contributed by atoms with Gasteiger partial charge in [0.25, 0.3) is 0 Å². The normalized spacial score (nSPS) is 12.0. The van der Waals surface area contributed by atoms with Gasteiger partial charge in [0.2, 0.25) is 0 Å². The lowest BCUT2D eigenvalue weighted by Crippen LogP contribution is -2.17. The first kappa shape index (κ1) is 14.0. The molecule has 0 amide bonds. The Balaban J connectivity index is 2.21. The van der Waals surface area contributed by atoms with Crippen molar-refractivity contribution in [3.05, 3.63) is 17.8 Å². The third-order valence-electron chi connectivity index (χ3n) is 1.95. The molecule has 0 unspecified atom stereocenters. The SMILES string of the molecule is CNCCc1ncc(CCOCC(F)(F)F)o1. The fourth-order valence-electron chi connectivity index (χ4n) is 1.17. The molecule has 98 valence electrons. The predicted molar refractivity (Wildman–Crippen MR) is 54.7 cm³/mol. The molecule has 17 heavy (non-hydrogen) atoms. The molecule has 4 nitrogen and oxygen atoms in total. The molecule has 0 aromatic carbocycles. The van der Waals surface area contributed by atoms with E-state index >= 15 is 0 Å². The van der Waals surface area contributed by atoms with Crippen LogP contribution in [0.15, 0.2) is 10.6 Å². The van der Waals surface area contributed by atoms with Crippen LogP contribution in [0.5, 0.6) is 0 Å². The molecule has 0 aliphatic carbocycles. The zero-order chi connectivity index (χ0) is 12.7. The van der Waals surface area contributed by atoms with Gasteiger partial charge >= 0.3 is 6.18 Å². The Bertz CT molecular complexity index is 326. The van der Waals surface area contributed by atoms with Crippen LogP contribution in [0.3, 0.4) is 0 Å². The average molecular weight is 252 g/mol. The number of alkyl halides is 3. The van der Waals surface area contributed by atoms with Gasteiger partial charge in [-0.3, -0.25) is 0 Å². The summed E-state index contributed by atoms with van der Waals surface area (Å²) in [4.78, 5) is 4.00. The molecule has 1 N–H and O–H groups in total. The van der Waals surface area contributed by atoms with Gasteiger partial charge in [0.15, 0.2) is 5.89 Å². The van der Waals surface area contributed by atoms with E-state index in [1.165, 1.54) is 6.20 Å². The topological polar surface area (TPSA) is 47.3 Å². The lowest BCUT2D eigenvalue weighted by molar-refractivity contribution is -0.173. The summed E-state index contributed by atoms with van der Waals surface area (Å²) in [6, 6.07) is 0. The Morgan fingerprint density at radius 1 is 1.41 bits per heavy atom. The molecular weight excluding hydrogens is 237 g/mol. The van der Waals surface area contributed by atoms with Gasteiger partial charge in [0.1, 0.15) is 12.4 Å². The largest absolute Gasteiger partial charge is 0.446 e. The van der Waals surface area contributed by atoms with Crippen LogP contribution in [0, 0.1) is 0 Å². The summed E-state index contributed by atoms with van der Waals surface area (Å²) in [6.07, 6.45) is -1.82. The van der Waals surface area contributed by atoms with E-state index in [2.05, 4.69) is 15.0 Å². The summed E-state index contributed by atoms with van der Waals surface area (Å²) in [5, 5.41) is 2.94. The fraction of sp³-hybridized carbons (Fsp3) is 0.700. The maximum absolute atomic E-state index is 11.8. The van der Waals surface area contributed by atoms with Crippen molar-refractivity contribution < 1.29 is 22.3 Å². The van der Waals surface area contributed by atoms with Crippen molar-refractivity contribution in [1.82, 2.24) is 10.3 Å². The Kier molecular flexibility index (Phi) is 5.43. The highest BCUT2D eigenvalue weighted by molar-refractivity contribution is 4.94. The van der Waals surface area contributed by atoms with E-state index < -0.39 is 12.8 Å². The number of hydrogen-bond donors (Lipinski definition) is 1. The number of ether oxygens (including phenoxy) is 1. The maximum Gasteiger partial charge on any atom is 0.411 e. The second-order valence-corrected chi connectivity index (χ2v) is 3.49. The minimum atomic E-state index is -4.28. The third kappa shape index (κ3) is 6.28. The number of rotatable bonds is 7. The average Bonchev–Trinajstić information content (AvgIpc) is 2.68. The minimum Gasteiger partial charge on any atom is -0.446 e. The van der Waals surface area contributed by atoms with Gasteiger partial charge in [-0.1, -0.05) is 0 Å². The number of nitrogens with zero attached hydrogens (tertiary/aromatic N) is 1. The van der Waals surface area contributed by atoms with Crippen LogP contribution in [0.4, 0.5) is 13.2 Å². The first-order valence-corrected chi connectivity index (χ1v) is 5.24. The van der Waals surface area contributed by atoms with Crippen molar-refractivity contribution in [3.8, 4) is 0 Å². The summed E-state index contributed by atoms with van der Waals surface area (Å²) in [5.41, 5.74) is 0. The number of oxazole rings is 1. The Morgan fingerprint density at radius 3 is 2.82 bits per heavy atom. The summed E-state index contributed by atoms with van der Waals surface area (Å²) in [6.45, 7) is -0.515. The van der Waals surface area contributed by atoms with Gasteiger partial charge in [0.05, 0.1) is 12.8 Å². The van der Waals surface area contributed by atoms with Gasteiger partial charge in [0, 0.05) is 19.4 Å². The van der Waals surface area contributed by atoms with Gasteiger partial charge in [-0.15, -0.1) is 0 Å². The molecule has 0 atom stereocenters. The van der Waals surface area contributed by atoms with Gasteiger partial charge in [-0.25, -0.2) is 4.98 Å². The molecule has 0 spiro atoms. The Labute approximate surface area is 97.2 Å². The van der Waals surface area contributed by atoms with Crippen molar-refractivity contribution in [1.29, 1.82) is 0 Å². The molecule has 0 aliphatic heterocycles. The zero-order valence-electron chi connectivity index (χ0n) is 9.51. The van der Waals surface area contributed by atoms with Crippen molar-refractivity contribution in [2.75, 3.05) is 26.8 Å². The lowest BCUT2D eigenvalue weighted by atomic mass is 10.4. The molecule has 0 fully saturated rings. The Hall–Kier alpha value is -1.08. The van der Waals surface area contributed by atoms with E-state index in [1.807, 2.05) is 7.05 Å². The smallest absolute Gasteiger partial charge is 0.411 e. The van der Waals surface area contributed by atoms with E-state index in [-0.39, 0.29) is 6.61 Å². The van der Waals surface area contributed by atoms with E-state index in [4.69, 9.17) is 4.42 Å². The second kappa shape index (κ2) is 6.61. The first-order chi connectivity index (χ1) is 8.01. The number of halogens is 3. The minimum absolute atomic E-state index is 0.0276. The van der Waals surface area contributed by atoms with Crippen molar-refractivity contribution in [2.45, 2.75) is 19.0 Å². The third-order valence-corrected chi connectivity index (χ3v) is 1.95. The molecule has 0 aliphatic rings. The summed E-state index contributed by atoms with van der Waals surface area (Å²) < 4.78 is 45.0. The zero-order valence-corrected chi connectivity index (χ0v) is 9.51. The number of aromatic nitrogens is 1. The summed E-state index contributed by atoms with van der Waals surface area (Å²) in [5.74, 6) is 1.11. The van der Waals surface area contributed by atoms with E-state index in [0.717, 1.165) is 6.54 Å². The molecule has 0 saturated heterocycles. The van der Waals surface area contributed by atoms with Crippen LogP contribution < -0.4 is 5.32 Å². The van der Waals surface area contributed by atoms with Crippen LogP contribution in [0.25, 0.3) is 0 Å². The monoisotopic (exact) mass is 252 g/mol. The molecule has 1 aromatic rings. The highest BCUT2D eigenvalue weighted by atomic mass is 19.4. The van der Waals surface area contributed by atoms with Crippen LogP contribution in [-0.2, 0) is 17.6 Å². The molecule has 0 saturated carbocycles. The highest BCUT2D eigenvalue weighted by Gasteiger charge is 2.27. The van der Waals surface area contributed by atoms with Gasteiger partial charge < -0.3 is 14.5 Å². The van der Waals surface area contributed by atoms with Crippen LogP contribution >= 0.6 is 0 Å². The van der Waals surface area contributed by atoms with E-state index in [0.29, 0.717) is 24.5 Å². The van der Waals surface area contributed by atoms with E-state index in [1.54, 1.807) is 0 Å². The lowest BCUT2D eigenvalue weighted by Gasteiger charge is -2.05.